The lowest BCUT2D eigenvalue weighted by atomic mass is 10.2. The molecule has 114 valence electrons. The van der Waals surface area contributed by atoms with E-state index < -0.39 is 0 Å². The number of hydrogen-bond donors (Lipinski definition) is 4. The fourth-order valence-electron chi connectivity index (χ4n) is 1.82. The Kier molecular flexibility index (Phi) is 6.63. The summed E-state index contributed by atoms with van der Waals surface area (Å²) in [6, 6.07) is -0.00997. The molecule has 0 saturated carbocycles. The number of aliphatic hydroxyl groups excluding tert-OH is 1. The lowest BCUT2D eigenvalue weighted by Crippen LogP contribution is -2.28. The summed E-state index contributed by atoms with van der Waals surface area (Å²) in [6.07, 6.45) is 0.583. The van der Waals surface area contributed by atoms with E-state index in [2.05, 4.69) is 20.7 Å². The summed E-state index contributed by atoms with van der Waals surface area (Å²) in [5.74, 6) is 7.73. The normalized spacial score (nSPS) is 12.6. The number of nitrogens with one attached hydrogen (secondary N) is 2. The molecule has 1 aromatic rings. The van der Waals surface area contributed by atoms with Gasteiger partial charge < -0.3 is 20.6 Å². The molecule has 1 unspecified atom stereocenters. The Balaban J connectivity index is 3.05. The van der Waals surface area contributed by atoms with Crippen molar-refractivity contribution in [3.8, 4) is 0 Å². The van der Waals surface area contributed by atoms with E-state index in [1.807, 2.05) is 20.8 Å². The molecule has 0 aliphatic heterocycles. The van der Waals surface area contributed by atoms with Crippen molar-refractivity contribution in [3.05, 3.63) is 11.4 Å². The Morgan fingerprint density at radius 2 is 1.95 bits per heavy atom. The number of methoxy groups -OCH3 is 1. The lowest BCUT2D eigenvalue weighted by molar-refractivity contribution is 0.170. The Labute approximate surface area is 119 Å². The van der Waals surface area contributed by atoms with Gasteiger partial charge >= 0.3 is 0 Å². The number of rotatable bonds is 8. The number of aliphatic hydroxyl groups is 1. The van der Waals surface area contributed by atoms with Gasteiger partial charge in [-0.1, -0.05) is 13.8 Å². The van der Waals surface area contributed by atoms with Gasteiger partial charge in [-0.05, 0) is 13.3 Å². The first-order chi connectivity index (χ1) is 9.53. The van der Waals surface area contributed by atoms with Gasteiger partial charge in [0.05, 0.1) is 12.6 Å². The highest BCUT2D eigenvalue weighted by atomic mass is 16.5. The molecule has 1 heterocycles. The molecule has 1 aromatic heterocycles. The van der Waals surface area contributed by atoms with Gasteiger partial charge in [0, 0.05) is 25.2 Å². The molecule has 0 aliphatic carbocycles. The van der Waals surface area contributed by atoms with Gasteiger partial charge in [0.1, 0.15) is 17.5 Å². The van der Waals surface area contributed by atoms with E-state index in [0.717, 1.165) is 5.56 Å². The molecule has 0 aromatic carbocycles. The molecule has 1 rings (SSSR count). The van der Waals surface area contributed by atoms with Crippen molar-refractivity contribution in [1.29, 1.82) is 0 Å². The van der Waals surface area contributed by atoms with E-state index in [4.69, 9.17) is 15.7 Å². The number of hydrazine groups is 1. The van der Waals surface area contributed by atoms with Crippen LogP contribution in [0.4, 0.5) is 11.6 Å². The fourth-order valence-corrected chi connectivity index (χ4v) is 1.82. The topological polar surface area (TPSA) is 105 Å². The number of nitrogens with zero attached hydrogens (tertiary/aromatic N) is 2. The van der Waals surface area contributed by atoms with Gasteiger partial charge in [0.25, 0.3) is 0 Å². The van der Waals surface area contributed by atoms with Crippen LogP contribution in [0.25, 0.3) is 0 Å². The fraction of sp³-hybridized carbons (Fsp3) is 0.692. The highest BCUT2D eigenvalue weighted by Crippen LogP contribution is 2.23. The minimum absolute atomic E-state index is 0.00997. The molecule has 1 atom stereocenters. The maximum atomic E-state index is 9.09. The van der Waals surface area contributed by atoms with Gasteiger partial charge in [-0.2, -0.15) is 0 Å². The molecule has 0 aliphatic rings. The smallest absolute Gasteiger partial charge is 0.148 e. The zero-order valence-electron chi connectivity index (χ0n) is 12.6. The van der Waals surface area contributed by atoms with Crippen molar-refractivity contribution in [2.24, 2.45) is 5.84 Å². The number of anilines is 2. The zero-order chi connectivity index (χ0) is 15.1. The van der Waals surface area contributed by atoms with Crippen molar-refractivity contribution < 1.29 is 9.84 Å². The van der Waals surface area contributed by atoms with Crippen LogP contribution in [0.15, 0.2) is 0 Å². The molecule has 0 bridgehead atoms. The van der Waals surface area contributed by atoms with E-state index in [9.17, 15) is 0 Å². The minimum Gasteiger partial charge on any atom is -0.396 e. The number of ether oxygens (including phenoxy) is 1. The van der Waals surface area contributed by atoms with Gasteiger partial charge in [0.2, 0.25) is 0 Å². The Morgan fingerprint density at radius 3 is 2.45 bits per heavy atom. The average molecular weight is 283 g/mol. The van der Waals surface area contributed by atoms with E-state index >= 15 is 0 Å². The number of nitrogen functional groups attached to an aromatic ring is 1. The first kappa shape index (κ1) is 16.6. The third-order valence-electron chi connectivity index (χ3n) is 3.00. The van der Waals surface area contributed by atoms with E-state index in [0.29, 0.717) is 30.5 Å². The first-order valence-electron chi connectivity index (χ1n) is 6.74. The van der Waals surface area contributed by atoms with Crippen LogP contribution in [-0.4, -0.2) is 41.4 Å². The highest BCUT2D eigenvalue weighted by Gasteiger charge is 2.16. The van der Waals surface area contributed by atoms with Crippen molar-refractivity contribution in [1.82, 2.24) is 9.97 Å². The molecule has 20 heavy (non-hydrogen) atoms. The molecular weight excluding hydrogens is 258 g/mol. The Bertz CT molecular complexity index is 419. The Morgan fingerprint density at radius 1 is 1.30 bits per heavy atom. The van der Waals surface area contributed by atoms with Crippen molar-refractivity contribution in [2.45, 2.75) is 39.2 Å². The summed E-state index contributed by atoms with van der Waals surface area (Å²) < 4.78 is 5.15. The number of nitrogens with two attached hydrogens (primary N) is 1. The predicted molar refractivity (Wildman–Crippen MR) is 79.7 cm³/mol. The van der Waals surface area contributed by atoms with Crippen LogP contribution in [0, 0.1) is 6.92 Å². The first-order valence-corrected chi connectivity index (χ1v) is 6.74. The van der Waals surface area contributed by atoms with Crippen LogP contribution in [-0.2, 0) is 4.74 Å². The van der Waals surface area contributed by atoms with Crippen molar-refractivity contribution in [2.75, 3.05) is 31.1 Å². The largest absolute Gasteiger partial charge is 0.396 e. The van der Waals surface area contributed by atoms with Gasteiger partial charge in [-0.15, -0.1) is 0 Å². The van der Waals surface area contributed by atoms with Crippen LogP contribution < -0.4 is 16.6 Å². The lowest BCUT2D eigenvalue weighted by Gasteiger charge is -2.21. The maximum absolute atomic E-state index is 9.09. The Hall–Kier alpha value is -1.44. The summed E-state index contributed by atoms with van der Waals surface area (Å²) in [6.45, 7) is 6.52. The molecule has 7 heteroatoms. The van der Waals surface area contributed by atoms with E-state index in [1.165, 1.54) is 0 Å². The molecule has 0 saturated heterocycles. The van der Waals surface area contributed by atoms with Gasteiger partial charge in [0.15, 0.2) is 0 Å². The SMILES string of the molecule is COCC(CCO)Nc1nc(C(C)C)nc(NN)c1C. The quantitative estimate of drug-likeness (QED) is 0.416. The summed E-state index contributed by atoms with van der Waals surface area (Å²) >= 11 is 0. The third-order valence-corrected chi connectivity index (χ3v) is 3.00. The predicted octanol–water partition coefficient (Wildman–Crippen LogP) is 1.00. The van der Waals surface area contributed by atoms with Gasteiger partial charge in [-0.25, -0.2) is 15.8 Å². The molecule has 7 nitrogen and oxygen atoms in total. The second-order valence-corrected chi connectivity index (χ2v) is 5.01. The van der Waals surface area contributed by atoms with E-state index in [-0.39, 0.29) is 18.6 Å². The highest BCUT2D eigenvalue weighted by molar-refractivity contribution is 5.57. The van der Waals surface area contributed by atoms with E-state index in [1.54, 1.807) is 7.11 Å². The maximum Gasteiger partial charge on any atom is 0.148 e. The monoisotopic (exact) mass is 283 g/mol. The summed E-state index contributed by atoms with van der Waals surface area (Å²) in [4.78, 5) is 8.91. The van der Waals surface area contributed by atoms with Crippen LogP contribution in [0.5, 0.6) is 0 Å². The molecule has 5 N–H and O–H groups in total. The second kappa shape index (κ2) is 7.98. The number of hydrogen-bond acceptors (Lipinski definition) is 7. The van der Waals surface area contributed by atoms with Crippen LogP contribution in [0.3, 0.4) is 0 Å². The molecule has 0 radical (unpaired) electrons. The van der Waals surface area contributed by atoms with Crippen LogP contribution >= 0.6 is 0 Å². The molecular formula is C13H25N5O2. The summed E-state index contributed by atoms with van der Waals surface area (Å²) in [7, 11) is 1.63. The second-order valence-electron chi connectivity index (χ2n) is 5.01. The molecule has 0 amide bonds. The van der Waals surface area contributed by atoms with Crippen molar-refractivity contribution >= 4 is 11.6 Å². The van der Waals surface area contributed by atoms with Gasteiger partial charge in [-0.3, -0.25) is 0 Å². The summed E-state index contributed by atoms with van der Waals surface area (Å²) in [5, 5.41) is 12.4. The third kappa shape index (κ3) is 4.29. The molecule has 0 fully saturated rings. The zero-order valence-corrected chi connectivity index (χ0v) is 12.6. The van der Waals surface area contributed by atoms with Crippen LogP contribution in [0.2, 0.25) is 0 Å². The minimum atomic E-state index is -0.00997. The molecule has 0 spiro atoms. The van der Waals surface area contributed by atoms with Crippen LogP contribution in [0.1, 0.15) is 37.6 Å². The van der Waals surface area contributed by atoms with Crippen molar-refractivity contribution in [3.63, 3.8) is 0 Å². The number of aromatic nitrogens is 2. The summed E-state index contributed by atoms with van der Waals surface area (Å²) in [5.41, 5.74) is 3.44. The average Bonchev–Trinajstić information content (AvgIpc) is 2.41. The standard InChI is InChI=1S/C13H25N5O2/c1-8(2)11-16-12(9(3)13(17-11)18-14)15-10(5-6-19)7-20-4/h8,10,19H,5-7,14H2,1-4H3,(H2,15,16,17,18).